The molecule has 1 aliphatic rings. The molecule has 0 radical (unpaired) electrons. The Morgan fingerprint density at radius 1 is 1.58 bits per heavy atom. The van der Waals surface area contributed by atoms with Gasteiger partial charge in [-0.3, -0.25) is 0 Å². The molecule has 1 aliphatic carbocycles. The summed E-state index contributed by atoms with van der Waals surface area (Å²) in [6.07, 6.45) is 2.70. The van der Waals surface area contributed by atoms with Gasteiger partial charge >= 0.3 is 0 Å². The summed E-state index contributed by atoms with van der Waals surface area (Å²) in [5.41, 5.74) is 0. The maximum absolute atomic E-state index is 9.24. The Kier molecular flexibility index (Phi) is 2.81. The number of methoxy groups -OCH3 is 1. The average Bonchev–Trinajstić information content (AvgIpc) is 1.97. The monoisotopic (exact) mass is 228 g/mol. The number of halogens is 3. The van der Waals surface area contributed by atoms with E-state index >= 15 is 0 Å². The Hall–Kier alpha value is -0.0500. The molecule has 1 rings (SSSR count). The van der Waals surface area contributed by atoms with Gasteiger partial charge in [-0.15, -0.1) is 11.6 Å². The van der Waals surface area contributed by atoms with Crippen LogP contribution in [-0.4, -0.2) is 21.9 Å². The average molecular weight is 229 g/mol. The van der Waals surface area contributed by atoms with Crippen molar-refractivity contribution >= 4 is 34.8 Å². The van der Waals surface area contributed by atoms with Gasteiger partial charge in [0.05, 0.1) is 12.5 Å². The van der Waals surface area contributed by atoms with Crippen molar-refractivity contribution in [3.63, 3.8) is 0 Å². The molecule has 0 saturated carbocycles. The molecular weight excluding hydrogens is 222 g/mol. The van der Waals surface area contributed by atoms with Gasteiger partial charge in [0.1, 0.15) is 0 Å². The van der Waals surface area contributed by atoms with Crippen LogP contribution in [0.3, 0.4) is 0 Å². The number of hydrogen-bond donors (Lipinski definition) is 1. The fourth-order valence-electron chi connectivity index (χ4n) is 0.824. The van der Waals surface area contributed by atoms with E-state index in [0.717, 1.165) is 0 Å². The van der Waals surface area contributed by atoms with E-state index in [1.165, 1.54) is 19.3 Å². The van der Waals surface area contributed by atoms with E-state index in [1.807, 2.05) is 0 Å². The standard InChI is InChI=1S/C7H7Cl3O2/c1-12-5-3-7(9,10)6(8)2-4(5)11/h2-3,6,11H,1H3. The summed E-state index contributed by atoms with van der Waals surface area (Å²) in [7, 11) is 1.41. The molecule has 1 atom stereocenters. The Morgan fingerprint density at radius 3 is 2.67 bits per heavy atom. The van der Waals surface area contributed by atoms with Crippen LogP contribution in [0.15, 0.2) is 23.7 Å². The normalized spacial score (nSPS) is 27.5. The Morgan fingerprint density at radius 2 is 2.17 bits per heavy atom. The highest BCUT2D eigenvalue weighted by atomic mass is 35.5. The van der Waals surface area contributed by atoms with Crippen LogP contribution in [0.1, 0.15) is 0 Å². The summed E-state index contributed by atoms with van der Waals surface area (Å²) in [5, 5.41) is 8.58. The highest BCUT2D eigenvalue weighted by Crippen LogP contribution is 2.37. The van der Waals surface area contributed by atoms with Crippen LogP contribution < -0.4 is 0 Å². The lowest BCUT2D eigenvalue weighted by molar-refractivity contribution is 0.251. The van der Waals surface area contributed by atoms with E-state index in [2.05, 4.69) is 0 Å². The van der Waals surface area contributed by atoms with Gasteiger partial charge in [0.2, 0.25) is 0 Å². The van der Waals surface area contributed by atoms with Crippen molar-refractivity contribution in [3.8, 4) is 0 Å². The molecule has 0 heterocycles. The van der Waals surface area contributed by atoms with Gasteiger partial charge < -0.3 is 9.84 Å². The molecule has 0 fully saturated rings. The third-order valence-electron chi connectivity index (χ3n) is 1.47. The molecule has 0 bridgehead atoms. The SMILES string of the molecule is COC1=CC(Cl)(Cl)C(Cl)C=C1O. The quantitative estimate of drug-likeness (QED) is 0.701. The van der Waals surface area contributed by atoms with Crippen LogP contribution in [0.5, 0.6) is 0 Å². The minimum absolute atomic E-state index is 0.0468. The summed E-state index contributed by atoms with van der Waals surface area (Å²) in [5.74, 6) is 0.186. The van der Waals surface area contributed by atoms with Crippen LogP contribution in [0.4, 0.5) is 0 Å². The molecule has 0 aromatic heterocycles. The summed E-state index contributed by atoms with van der Waals surface area (Å²) < 4.78 is 3.58. The molecule has 0 spiro atoms. The van der Waals surface area contributed by atoms with E-state index in [4.69, 9.17) is 39.5 Å². The zero-order valence-electron chi connectivity index (χ0n) is 6.22. The highest BCUT2D eigenvalue weighted by molar-refractivity contribution is 6.54. The second-order valence-corrected chi connectivity index (χ2v) is 4.26. The van der Waals surface area contributed by atoms with E-state index in [0.29, 0.717) is 0 Å². The first-order chi connectivity index (χ1) is 5.47. The van der Waals surface area contributed by atoms with Gasteiger partial charge in [-0.25, -0.2) is 0 Å². The number of alkyl halides is 3. The summed E-state index contributed by atoms with van der Waals surface area (Å²) in [6.45, 7) is 0. The van der Waals surface area contributed by atoms with Gasteiger partial charge in [0, 0.05) is 0 Å². The third-order valence-corrected chi connectivity index (χ3v) is 2.85. The largest absolute Gasteiger partial charge is 0.504 e. The van der Waals surface area contributed by atoms with Gasteiger partial charge in [-0.2, -0.15) is 0 Å². The number of hydrogen-bond acceptors (Lipinski definition) is 2. The van der Waals surface area contributed by atoms with Crippen LogP contribution in [-0.2, 0) is 4.74 Å². The van der Waals surface area contributed by atoms with Crippen LogP contribution in [0.2, 0.25) is 0 Å². The predicted octanol–water partition coefficient (Wildman–Crippen LogP) is 2.75. The Labute approximate surface area is 85.4 Å². The molecule has 68 valence electrons. The predicted molar refractivity (Wildman–Crippen MR) is 49.9 cm³/mol. The second kappa shape index (κ2) is 3.36. The van der Waals surface area contributed by atoms with E-state index in [1.54, 1.807) is 0 Å². The molecule has 1 unspecified atom stereocenters. The first kappa shape index (κ1) is 10.0. The van der Waals surface area contributed by atoms with Crippen LogP contribution in [0, 0.1) is 0 Å². The smallest absolute Gasteiger partial charge is 0.160 e. The summed E-state index contributed by atoms with van der Waals surface area (Å²) in [6, 6.07) is 0. The number of rotatable bonds is 1. The lowest BCUT2D eigenvalue weighted by Gasteiger charge is -2.24. The third kappa shape index (κ3) is 1.82. The van der Waals surface area contributed by atoms with Crippen molar-refractivity contribution in [2.75, 3.05) is 7.11 Å². The Balaban J connectivity index is 2.98. The van der Waals surface area contributed by atoms with Crippen molar-refractivity contribution in [3.05, 3.63) is 23.7 Å². The minimum Gasteiger partial charge on any atom is -0.504 e. The first-order valence-corrected chi connectivity index (χ1v) is 4.36. The molecule has 0 aliphatic heterocycles. The molecule has 0 aromatic carbocycles. The molecule has 5 heteroatoms. The molecule has 2 nitrogen and oxygen atoms in total. The van der Waals surface area contributed by atoms with Crippen LogP contribution >= 0.6 is 34.8 Å². The van der Waals surface area contributed by atoms with Gasteiger partial charge in [0.15, 0.2) is 15.9 Å². The lowest BCUT2D eigenvalue weighted by Crippen LogP contribution is -2.27. The lowest BCUT2D eigenvalue weighted by atomic mass is 10.1. The van der Waals surface area contributed by atoms with Crippen LogP contribution in [0.25, 0.3) is 0 Å². The number of aliphatic hydroxyl groups excluding tert-OH is 1. The van der Waals surface area contributed by atoms with Crippen molar-refractivity contribution in [1.82, 2.24) is 0 Å². The van der Waals surface area contributed by atoms with Gasteiger partial charge in [0.25, 0.3) is 0 Å². The van der Waals surface area contributed by atoms with Gasteiger partial charge in [-0.05, 0) is 12.2 Å². The molecule has 0 saturated heterocycles. The highest BCUT2D eigenvalue weighted by Gasteiger charge is 2.35. The fraction of sp³-hybridized carbons (Fsp3) is 0.429. The first-order valence-electron chi connectivity index (χ1n) is 3.17. The second-order valence-electron chi connectivity index (χ2n) is 2.34. The van der Waals surface area contributed by atoms with Crippen molar-refractivity contribution in [2.24, 2.45) is 0 Å². The minimum atomic E-state index is -1.22. The summed E-state index contributed by atoms with van der Waals surface area (Å²) in [4.78, 5) is 0. The molecule has 12 heavy (non-hydrogen) atoms. The zero-order valence-corrected chi connectivity index (χ0v) is 8.49. The van der Waals surface area contributed by atoms with Gasteiger partial charge in [-0.1, -0.05) is 23.2 Å². The molecule has 1 N–H and O–H groups in total. The number of aliphatic hydroxyl groups is 1. The number of ether oxygens (including phenoxy) is 1. The molecular formula is C7H7Cl3O2. The Bertz CT molecular complexity index is 245. The van der Waals surface area contributed by atoms with E-state index in [9.17, 15) is 5.11 Å². The van der Waals surface area contributed by atoms with E-state index in [-0.39, 0.29) is 11.5 Å². The van der Waals surface area contributed by atoms with Crippen molar-refractivity contribution in [1.29, 1.82) is 0 Å². The number of allylic oxidation sites excluding steroid dienone is 2. The van der Waals surface area contributed by atoms with E-state index < -0.39 is 9.71 Å². The van der Waals surface area contributed by atoms with Crippen molar-refractivity contribution < 1.29 is 9.84 Å². The fourth-order valence-corrected chi connectivity index (χ4v) is 1.33. The maximum Gasteiger partial charge on any atom is 0.160 e. The summed E-state index contributed by atoms with van der Waals surface area (Å²) >= 11 is 17.3. The topological polar surface area (TPSA) is 29.5 Å². The molecule has 0 amide bonds. The zero-order chi connectivity index (χ0) is 9.35. The van der Waals surface area contributed by atoms with Crippen molar-refractivity contribution in [2.45, 2.75) is 9.71 Å². The molecule has 0 aromatic rings. The maximum atomic E-state index is 9.24.